The summed E-state index contributed by atoms with van der Waals surface area (Å²) in [6.45, 7) is 0. The van der Waals surface area contributed by atoms with Crippen molar-refractivity contribution in [3.8, 4) is 11.3 Å². The minimum absolute atomic E-state index is 0.196. The van der Waals surface area contributed by atoms with E-state index >= 15 is 0 Å². The largest absolute Gasteiger partial charge is 0.455 e. The summed E-state index contributed by atoms with van der Waals surface area (Å²) in [5.41, 5.74) is 1.25. The molecule has 0 amide bonds. The van der Waals surface area contributed by atoms with Crippen LogP contribution < -0.4 is 5.56 Å². The first-order valence-corrected chi connectivity index (χ1v) is 11.5. The van der Waals surface area contributed by atoms with Crippen LogP contribution in [0.15, 0.2) is 73.4 Å². The van der Waals surface area contributed by atoms with Crippen LogP contribution in [0.25, 0.3) is 22.2 Å². The predicted octanol–water partition coefficient (Wildman–Crippen LogP) is 6.49. The molecule has 0 N–H and O–H groups in total. The summed E-state index contributed by atoms with van der Waals surface area (Å²) in [6.07, 6.45) is 7.00. The smallest absolute Gasteiger partial charge is 0.282 e. The molecule has 0 bridgehead atoms. The van der Waals surface area contributed by atoms with Gasteiger partial charge in [0.15, 0.2) is 0 Å². The Morgan fingerprint density at radius 2 is 1.84 bits per heavy atom. The topological polar surface area (TPSA) is 60.4 Å². The van der Waals surface area contributed by atoms with Gasteiger partial charge in [-0.2, -0.15) is 9.78 Å². The minimum Gasteiger partial charge on any atom is -0.455 e. The van der Waals surface area contributed by atoms with Crippen LogP contribution in [0.1, 0.15) is 49.6 Å². The number of halogens is 2. The van der Waals surface area contributed by atoms with E-state index in [1.165, 1.54) is 29.4 Å². The summed E-state index contributed by atoms with van der Waals surface area (Å²) in [5, 5.41) is 5.02. The van der Waals surface area contributed by atoms with Gasteiger partial charge in [0.25, 0.3) is 5.56 Å². The van der Waals surface area contributed by atoms with Crippen molar-refractivity contribution in [2.75, 3.05) is 0 Å². The van der Waals surface area contributed by atoms with Gasteiger partial charge in [0.1, 0.15) is 23.2 Å². The fourth-order valence-electron chi connectivity index (χ4n) is 4.21. The van der Waals surface area contributed by atoms with E-state index in [0.29, 0.717) is 28.2 Å². The van der Waals surface area contributed by atoms with Gasteiger partial charge in [-0.25, -0.2) is 9.37 Å². The molecule has 0 spiro atoms. The zero-order chi connectivity index (χ0) is 22.1. The molecule has 2 aromatic heterocycles. The average Bonchev–Trinajstić information content (AvgIpc) is 3.29. The van der Waals surface area contributed by atoms with Crippen LogP contribution in [-0.2, 0) is 0 Å². The van der Waals surface area contributed by atoms with Gasteiger partial charge in [-0.1, -0.05) is 35.2 Å². The Morgan fingerprint density at radius 3 is 2.62 bits per heavy atom. The lowest BCUT2D eigenvalue weighted by Crippen LogP contribution is -2.25. The zero-order valence-corrected chi connectivity index (χ0v) is 18.9. The maximum Gasteiger partial charge on any atom is 0.282 e. The Hall–Kier alpha value is -3.06. The maximum absolute atomic E-state index is 13.3. The first-order chi connectivity index (χ1) is 15.6. The van der Waals surface area contributed by atoms with Gasteiger partial charge in [0, 0.05) is 16.0 Å². The van der Waals surface area contributed by atoms with E-state index in [0.717, 1.165) is 35.7 Å². The quantitative estimate of drug-likeness (QED) is 0.305. The Balaban J connectivity index is 1.55. The van der Waals surface area contributed by atoms with Crippen molar-refractivity contribution in [1.82, 2.24) is 9.66 Å². The minimum atomic E-state index is -0.299. The number of rotatable bonds is 4. The third-order valence-corrected chi connectivity index (χ3v) is 6.35. The molecule has 2 aromatic carbocycles. The van der Waals surface area contributed by atoms with E-state index in [2.05, 4.69) is 21.0 Å². The molecule has 32 heavy (non-hydrogen) atoms. The van der Waals surface area contributed by atoms with Crippen LogP contribution in [0.3, 0.4) is 0 Å². The first kappa shape index (κ1) is 20.8. The molecule has 5 rings (SSSR count). The Kier molecular flexibility index (Phi) is 5.74. The molecule has 0 atom stereocenters. The summed E-state index contributed by atoms with van der Waals surface area (Å²) in [6, 6.07) is 15.2. The van der Waals surface area contributed by atoms with Crippen molar-refractivity contribution in [3.63, 3.8) is 0 Å². The average molecular weight is 494 g/mol. The van der Waals surface area contributed by atoms with Gasteiger partial charge in [-0.15, -0.1) is 0 Å². The second-order valence-corrected chi connectivity index (χ2v) is 8.95. The summed E-state index contributed by atoms with van der Waals surface area (Å²) in [7, 11) is 0. The van der Waals surface area contributed by atoms with Crippen molar-refractivity contribution >= 4 is 33.0 Å². The van der Waals surface area contributed by atoms with Gasteiger partial charge in [0.05, 0.1) is 17.1 Å². The number of hydrogen-bond acceptors (Lipinski definition) is 4. The number of hydrogen-bond donors (Lipinski definition) is 0. The highest BCUT2D eigenvalue weighted by atomic mass is 79.9. The second-order valence-electron chi connectivity index (χ2n) is 8.04. The van der Waals surface area contributed by atoms with Gasteiger partial charge in [0.2, 0.25) is 0 Å². The number of nitrogens with zero attached hydrogens (tertiary/aromatic N) is 3. The summed E-state index contributed by atoms with van der Waals surface area (Å²) >= 11 is 3.44. The van der Waals surface area contributed by atoms with E-state index in [-0.39, 0.29) is 17.3 Å². The Morgan fingerprint density at radius 1 is 1.06 bits per heavy atom. The summed E-state index contributed by atoms with van der Waals surface area (Å²) in [4.78, 5) is 18.2. The van der Waals surface area contributed by atoms with Crippen LogP contribution in [0, 0.1) is 5.82 Å². The van der Waals surface area contributed by atoms with Gasteiger partial charge in [-0.3, -0.25) is 4.79 Å². The maximum atomic E-state index is 13.3. The predicted molar refractivity (Wildman–Crippen MR) is 127 cm³/mol. The van der Waals surface area contributed by atoms with E-state index in [1.54, 1.807) is 30.3 Å². The standard InChI is InChI=1S/C25H21BrFN3O2/c26-18-8-12-22-21(14-18)25(31)30(24(29-22)17-4-2-1-3-5-17)28-15-20-11-13-23(32-20)16-6-9-19(27)10-7-16/h6-15,17H,1-5H2. The monoisotopic (exact) mass is 493 g/mol. The van der Waals surface area contributed by atoms with Crippen LogP contribution in [0.2, 0.25) is 0 Å². The van der Waals surface area contributed by atoms with Crippen LogP contribution in [-0.4, -0.2) is 15.9 Å². The molecule has 2 heterocycles. The number of fused-ring (bicyclic) bond motifs is 1. The molecule has 5 nitrogen and oxygen atoms in total. The van der Waals surface area contributed by atoms with E-state index in [4.69, 9.17) is 9.40 Å². The third kappa shape index (κ3) is 4.17. The van der Waals surface area contributed by atoms with Gasteiger partial charge >= 0.3 is 0 Å². The fourth-order valence-corrected chi connectivity index (χ4v) is 4.57. The normalized spacial score (nSPS) is 15.1. The van der Waals surface area contributed by atoms with Crippen molar-refractivity contribution < 1.29 is 8.81 Å². The van der Waals surface area contributed by atoms with Gasteiger partial charge < -0.3 is 4.42 Å². The molecule has 1 fully saturated rings. The van der Waals surface area contributed by atoms with Crippen LogP contribution in [0.5, 0.6) is 0 Å². The third-order valence-electron chi connectivity index (χ3n) is 5.86. The highest BCUT2D eigenvalue weighted by Gasteiger charge is 2.22. The molecule has 0 aliphatic heterocycles. The lowest BCUT2D eigenvalue weighted by molar-refractivity contribution is 0.416. The Bertz CT molecular complexity index is 1350. The van der Waals surface area contributed by atoms with Crippen LogP contribution >= 0.6 is 15.9 Å². The summed E-state index contributed by atoms with van der Waals surface area (Å²) < 4.78 is 21.3. The first-order valence-electron chi connectivity index (χ1n) is 10.7. The Labute approximate surface area is 192 Å². The van der Waals surface area contributed by atoms with E-state index in [1.807, 2.05) is 12.1 Å². The fraction of sp³-hybridized carbons (Fsp3) is 0.240. The molecular formula is C25H21BrFN3O2. The molecule has 162 valence electrons. The van der Waals surface area contributed by atoms with Crippen LogP contribution in [0.4, 0.5) is 4.39 Å². The lowest BCUT2D eigenvalue weighted by atomic mass is 9.88. The van der Waals surface area contributed by atoms with E-state index < -0.39 is 0 Å². The molecular weight excluding hydrogens is 473 g/mol. The van der Waals surface area contributed by atoms with Crippen molar-refractivity contribution in [2.45, 2.75) is 38.0 Å². The number of furan rings is 1. The highest BCUT2D eigenvalue weighted by molar-refractivity contribution is 9.10. The van der Waals surface area contributed by atoms with E-state index in [9.17, 15) is 9.18 Å². The molecule has 0 radical (unpaired) electrons. The SMILES string of the molecule is O=c1c2cc(Br)ccc2nc(C2CCCCC2)n1N=Cc1ccc(-c2ccc(F)cc2)o1. The van der Waals surface area contributed by atoms with Gasteiger partial charge in [-0.05, 0) is 67.4 Å². The second kappa shape index (κ2) is 8.82. The molecule has 7 heteroatoms. The molecule has 1 aliphatic carbocycles. The molecule has 4 aromatic rings. The zero-order valence-electron chi connectivity index (χ0n) is 17.3. The van der Waals surface area contributed by atoms with Crippen molar-refractivity contribution in [2.24, 2.45) is 5.10 Å². The number of benzene rings is 2. The highest BCUT2D eigenvalue weighted by Crippen LogP contribution is 2.32. The van der Waals surface area contributed by atoms with Crippen molar-refractivity contribution in [1.29, 1.82) is 0 Å². The summed E-state index contributed by atoms with van der Waals surface area (Å²) in [5.74, 6) is 1.71. The van der Waals surface area contributed by atoms with Crippen molar-refractivity contribution in [3.05, 3.63) is 86.8 Å². The molecule has 1 saturated carbocycles. The number of aromatic nitrogens is 2. The molecule has 0 saturated heterocycles. The molecule has 0 unspecified atom stereocenters. The molecule has 1 aliphatic rings. The lowest BCUT2D eigenvalue weighted by Gasteiger charge is -2.22.